The van der Waals surface area contributed by atoms with Crippen molar-refractivity contribution < 1.29 is 0 Å². The highest BCUT2D eigenvalue weighted by molar-refractivity contribution is 7.98. The van der Waals surface area contributed by atoms with Gasteiger partial charge >= 0.3 is 0 Å². The second kappa shape index (κ2) is 8.37. The van der Waals surface area contributed by atoms with Crippen molar-refractivity contribution in [1.29, 1.82) is 0 Å². The van der Waals surface area contributed by atoms with Gasteiger partial charge in [-0.05, 0) is 64.2 Å². The van der Waals surface area contributed by atoms with Crippen LogP contribution in [0.15, 0.2) is 0 Å². The molecule has 0 aromatic carbocycles. The van der Waals surface area contributed by atoms with E-state index in [1.807, 2.05) is 11.8 Å². The highest BCUT2D eigenvalue weighted by Gasteiger charge is 2.23. The third-order valence-corrected chi connectivity index (χ3v) is 4.25. The summed E-state index contributed by atoms with van der Waals surface area (Å²) in [5, 5.41) is 3.58. The first kappa shape index (κ1) is 14.3. The summed E-state index contributed by atoms with van der Waals surface area (Å²) in [5.74, 6) is 1.32. The molecule has 1 aliphatic heterocycles. The van der Waals surface area contributed by atoms with Gasteiger partial charge in [-0.25, -0.2) is 0 Å². The van der Waals surface area contributed by atoms with Crippen LogP contribution in [0.2, 0.25) is 0 Å². The van der Waals surface area contributed by atoms with E-state index in [4.69, 9.17) is 0 Å². The Morgan fingerprint density at radius 2 is 2.19 bits per heavy atom. The maximum Gasteiger partial charge on any atom is 0.00939 e. The van der Waals surface area contributed by atoms with Crippen LogP contribution in [0.5, 0.6) is 0 Å². The van der Waals surface area contributed by atoms with Crippen LogP contribution in [0.25, 0.3) is 0 Å². The number of piperidine rings is 1. The molecule has 16 heavy (non-hydrogen) atoms. The smallest absolute Gasteiger partial charge is 0.00939 e. The summed E-state index contributed by atoms with van der Waals surface area (Å²) in [6, 6.07) is 1.54. The third-order valence-electron chi connectivity index (χ3n) is 3.55. The van der Waals surface area contributed by atoms with Gasteiger partial charge in [-0.3, -0.25) is 0 Å². The van der Waals surface area contributed by atoms with Gasteiger partial charge in [-0.2, -0.15) is 11.8 Å². The van der Waals surface area contributed by atoms with Gasteiger partial charge < -0.3 is 10.2 Å². The van der Waals surface area contributed by atoms with Gasteiger partial charge in [-0.15, -0.1) is 0 Å². The standard InChI is InChI=1S/C13H28N2S/c1-4-14-13-7-9-15(12(2)11-13)8-5-6-10-16-3/h12-14H,4-11H2,1-3H3. The molecule has 2 unspecified atom stereocenters. The molecule has 0 bridgehead atoms. The van der Waals surface area contributed by atoms with Crippen LogP contribution in [0, 0.1) is 0 Å². The Bertz CT molecular complexity index is 173. The highest BCUT2D eigenvalue weighted by atomic mass is 32.2. The van der Waals surface area contributed by atoms with Crippen molar-refractivity contribution in [3.63, 3.8) is 0 Å². The summed E-state index contributed by atoms with van der Waals surface area (Å²) in [5.41, 5.74) is 0. The molecule has 96 valence electrons. The number of unbranched alkanes of at least 4 members (excludes halogenated alkanes) is 1. The number of nitrogens with one attached hydrogen (secondary N) is 1. The normalized spacial score (nSPS) is 27.2. The minimum atomic E-state index is 0.766. The Labute approximate surface area is 106 Å². The molecule has 0 spiro atoms. The maximum atomic E-state index is 3.58. The van der Waals surface area contributed by atoms with E-state index in [1.54, 1.807) is 0 Å². The van der Waals surface area contributed by atoms with Crippen molar-refractivity contribution in [2.45, 2.75) is 51.6 Å². The number of hydrogen-bond donors (Lipinski definition) is 1. The highest BCUT2D eigenvalue weighted by Crippen LogP contribution is 2.17. The van der Waals surface area contributed by atoms with E-state index in [-0.39, 0.29) is 0 Å². The topological polar surface area (TPSA) is 15.3 Å². The molecule has 1 aliphatic rings. The van der Waals surface area contributed by atoms with Gasteiger partial charge in [0.25, 0.3) is 0 Å². The summed E-state index contributed by atoms with van der Waals surface area (Å²) in [6.07, 6.45) is 7.61. The average Bonchev–Trinajstić information content (AvgIpc) is 2.27. The lowest BCUT2D eigenvalue weighted by Crippen LogP contribution is -2.47. The first-order chi connectivity index (χ1) is 7.77. The molecule has 1 rings (SSSR count). The molecule has 2 atom stereocenters. The van der Waals surface area contributed by atoms with Crippen LogP contribution in [0.1, 0.15) is 39.5 Å². The van der Waals surface area contributed by atoms with Gasteiger partial charge in [-0.1, -0.05) is 6.92 Å². The van der Waals surface area contributed by atoms with Crippen LogP contribution in [-0.4, -0.2) is 48.6 Å². The van der Waals surface area contributed by atoms with Gasteiger partial charge in [0.05, 0.1) is 0 Å². The lowest BCUT2D eigenvalue weighted by molar-refractivity contribution is 0.135. The van der Waals surface area contributed by atoms with E-state index in [2.05, 4.69) is 30.3 Å². The molecular formula is C13H28N2S. The van der Waals surface area contributed by atoms with Crippen LogP contribution in [-0.2, 0) is 0 Å². The first-order valence-corrected chi connectivity index (χ1v) is 8.13. The van der Waals surface area contributed by atoms with Gasteiger partial charge in [0.1, 0.15) is 0 Å². The van der Waals surface area contributed by atoms with E-state index >= 15 is 0 Å². The Morgan fingerprint density at radius 1 is 1.38 bits per heavy atom. The van der Waals surface area contributed by atoms with E-state index < -0.39 is 0 Å². The fourth-order valence-corrected chi connectivity index (χ4v) is 3.08. The van der Waals surface area contributed by atoms with Crippen molar-refractivity contribution in [3.05, 3.63) is 0 Å². The third kappa shape index (κ3) is 5.07. The minimum absolute atomic E-state index is 0.766. The molecule has 1 fully saturated rings. The van der Waals surface area contributed by atoms with Crippen LogP contribution >= 0.6 is 11.8 Å². The van der Waals surface area contributed by atoms with Crippen molar-refractivity contribution in [2.24, 2.45) is 0 Å². The zero-order valence-electron chi connectivity index (χ0n) is 11.2. The predicted octanol–water partition coefficient (Wildman–Crippen LogP) is 2.59. The first-order valence-electron chi connectivity index (χ1n) is 6.74. The molecule has 1 heterocycles. The lowest BCUT2D eigenvalue weighted by atomic mass is 9.98. The monoisotopic (exact) mass is 244 g/mol. The van der Waals surface area contributed by atoms with Gasteiger partial charge in [0.2, 0.25) is 0 Å². The molecular weight excluding hydrogens is 216 g/mol. The van der Waals surface area contributed by atoms with E-state index in [9.17, 15) is 0 Å². The van der Waals surface area contributed by atoms with Crippen LogP contribution in [0.4, 0.5) is 0 Å². The molecule has 0 aliphatic carbocycles. The van der Waals surface area contributed by atoms with E-state index in [1.165, 1.54) is 44.5 Å². The fourth-order valence-electron chi connectivity index (χ4n) is 2.59. The number of nitrogens with zero attached hydrogens (tertiary/aromatic N) is 1. The molecule has 1 saturated heterocycles. The van der Waals surface area contributed by atoms with E-state index in [0.717, 1.165) is 18.6 Å². The largest absolute Gasteiger partial charge is 0.314 e. The minimum Gasteiger partial charge on any atom is -0.314 e. The fraction of sp³-hybridized carbons (Fsp3) is 1.00. The average molecular weight is 244 g/mol. The Balaban J connectivity index is 2.15. The summed E-state index contributed by atoms with van der Waals surface area (Å²) in [6.45, 7) is 8.31. The Hall–Kier alpha value is 0.270. The number of likely N-dealkylation sites (tertiary alicyclic amines) is 1. The molecule has 0 radical (unpaired) electrons. The van der Waals surface area contributed by atoms with Gasteiger partial charge in [0, 0.05) is 12.1 Å². The lowest BCUT2D eigenvalue weighted by Gasteiger charge is -2.38. The summed E-state index contributed by atoms with van der Waals surface area (Å²) < 4.78 is 0. The summed E-state index contributed by atoms with van der Waals surface area (Å²) in [7, 11) is 0. The van der Waals surface area contributed by atoms with Gasteiger partial charge in [0.15, 0.2) is 0 Å². The number of rotatable bonds is 7. The molecule has 0 saturated carbocycles. The second-order valence-electron chi connectivity index (χ2n) is 4.86. The summed E-state index contributed by atoms with van der Waals surface area (Å²) in [4.78, 5) is 2.67. The zero-order chi connectivity index (χ0) is 11.8. The maximum absolute atomic E-state index is 3.58. The van der Waals surface area contributed by atoms with Crippen molar-refractivity contribution in [3.8, 4) is 0 Å². The predicted molar refractivity (Wildman–Crippen MR) is 75.3 cm³/mol. The SMILES string of the molecule is CCNC1CCN(CCCCSC)C(C)C1. The Morgan fingerprint density at radius 3 is 2.81 bits per heavy atom. The Kier molecular flexibility index (Phi) is 7.50. The van der Waals surface area contributed by atoms with Crippen molar-refractivity contribution in [1.82, 2.24) is 10.2 Å². The summed E-state index contributed by atoms with van der Waals surface area (Å²) >= 11 is 1.97. The van der Waals surface area contributed by atoms with Crippen LogP contribution in [0.3, 0.4) is 0 Å². The molecule has 0 aromatic rings. The molecule has 0 amide bonds. The molecule has 1 N–H and O–H groups in total. The van der Waals surface area contributed by atoms with Crippen LogP contribution < -0.4 is 5.32 Å². The van der Waals surface area contributed by atoms with E-state index in [0.29, 0.717) is 0 Å². The molecule has 2 nitrogen and oxygen atoms in total. The zero-order valence-corrected chi connectivity index (χ0v) is 12.0. The van der Waals surface area contributed by atoms with Crippen molar-refractivity contribution in [2.75, 3.05) is 31.6 Å². The second-order valence-corrected chi connectivity index (χ2v) is 5.85. The molecule has 0 aromatic heterocycles. The number of hydrogen-bond acceptors (Lipinski definition) is 3. The molecule has 3 heteroatoms. The number of thioether (sulfide) groups is 1. The van der Waals surface area contributed by atoms with Crippen molar-refractivity contribution >= 4 is 11.8 Å². The quantitative estimate of drug-likeness (QED) is 0.693.